The normalized spacial score (nSPS) is 19.7. The fraction of sp³-hybridized carbons (Fsp3) is 0.364. The molecule has 0 spiro atoms. The molecule has 0 radical (unpaired) electrons. The third kappa shape index (κ3) is 5.45. The smallest absolute Gasteiger partial charge is 0.271 e. The Morgan fingerprint density at radius 2 is 1.77 bits per heavy atom. The van der Waals surface area contributed by atoms with Crippen molar-refractivity contribution in [3.63, 3.8) is 0 Å². The number of thiophene rings is 1. The topological polar surface area (TPSA) is 93.4 Å². The van der Waals surface area contributed by atoms with Gasteiger partial charge in [0.2, 0.25) is 0 Å². The maximum absolute atomic E-state index is 14.9. The highest BCUT2D eigenvalue weighted by Crippen LogP contribution is 2.52. The highest BCUT2D eigenvalue weighted by Gasteiger charge is 2.35. The lowest BCUT2D eigenvalue weighted by Gasteiger charge is -2.35. The fourth-order valence-corrected chi connectivity index (χ4v) is 7.99. The van der Waals surface area contributed by atoms with Crippen LogP contribution in [-0.2, 0) is 0 Å². The Bertz CT molecular complexity index is 1700. The molecule has 10 heteroatoms. The van der Waals surface area contributed by atoms with Crippen LogP contribution in [0.3, 0.4) is 0 Å². The van der Waals surface area contributed by atoms with Crippen LogP contribution in [0.15, 0.2) is 53.5 Å². The van der Waals surface area contributed by atoms with Crippen LogP contribution in [0.25, 0.3) is 11.1 Å². The van der Waals surface area contributed by atoms with Gasteiger partial charge in [-0.05, 0) is 99.0 Å². The molecule has 3 aliphatic carbocycles. The third-order valence-electron chi connectivity index (χ3n) is 9.20. The number of aryl methyl sites for hydroxylation is 1. The highest BCUT2D eigenvalue weighted by molar-refractivity contribution is 7.14. The van der Waals surface area contributed by atoms with Gasteiger partial charge in [0.05, 0.1) is 22.4 Å². The summed E-state index contributed by atoms with van der Waals surface area (Å²) in [5.41, 5.74) is 4.56. The Labute approximate surface area is 254 Å². The molecule has 8 rings (SSSR count). The molecule has 1 amide bonds. The molecular weight excluding hydrogens is 563 g/mol. The molecule has 2 bridgehead atoms. The number of hydrogen-bond acceptors (Lipinski definition) is 7. The summed E-state index contributed by atoms with van der Waals surface area (Å²) in [5, 5.41) is 5.95. The van der Waals surface area contributed by atoms with Gasteiger partial charge in [0, 0.05) is 42.3 Å². The summed E-state index contributed by atoms with van der Waals surface area (Å²) < 4.78 is 14.9. The van der Waals surface area contributed by atoms with Gasteiger partial charge in [-0.15, -0.1) is 11.3 Å². The zero-order valence-corrected chi connectivity index (χ0v) is 25.2. The summed E-state index contributed by atoms with van der Waals surface area (Å²) >= 11 is 1.56. The van der Waals surface area contributed by atoms with E-state index in [4.69, 9.17) is 0 Å². The standard InChI is InChI=1S/C33H35FN6O2S/c1-19-24(16-28(32(41)36-19)37-30-10-8-23(18-35-30)40-13-11-39(2)12-14-40)22-7-9-26(34)27(15-22)38-33(42)29-17-25-20-3-5-21(6-4-20)31(25)43-29/h7-10,15-18,20-21H,3-6,11-14H2,1-2H3,(H,35,37)(H,36,41)(H,38,42). The van der Waals surface area contributed by atoms with E-state index in [1.54, 1.807) is 36.5 Å². The monoisotopic (exact) mass is 598 g/mol. The number of rotatable bonds is 6. The van der Waals surface area contributed by atoms with Crippen molar-refractivity contribution in [1.29, 1.82) is 0 Å². The number of likely N-dealkylation sites (N-methyl/N-ethyl adjacent to an activating group) is 1. The number of amides is 1. The summed E-state index contributed by atoms with van der Waals surface area (Å²) in [7, 11) is 2.12. The van der Waals surface area contributed by atoms with Crippen molar-refractivity contribution in [2.45, 2.75) is 44.4 Å². The molecule has 4 aromatic rings. The van der Waals surface area contributed by atoms with E-state index < -0.39 is 5.82 Å². The predicted molar refractivity (Wildman–Crippen MR) is 171 cm³/mol. The molecule has 1 aliphatic heterocycles. The SMILES string of the molecule is Cc1[nH]c(=O)c(Nc2ccc(N3CCN(C)CC3)cn2)cc1-c1ccc(F)c(NC(=O)c2cc3c(s2)C2CCC3CC2)c1. The first-order valence-corrected chi connectivity index (χ1v) is 15.8. The summed E-state index contributed by atoms with van der Waals surface area (Å²) in [4.78, 5) is 40.1. The highest BCUT2D eigenvalue weighted by atomic mass is 32.1. The molecule has 2 fully saturated rings. The summed E-state index contributed by atoms with van der Waals surface area (Å²) in [6, 6.07) is 12.3. The Morgan fingerprint density at radius 3 is 2.49 bits per heavy atom. The van der Waals surface area contributed by atoms with Crippen molar-refractivity contribution < 1.29 is 9.18 Å². The lowest BCUT2D eigenvalue weighted by Crippen LogP contribution is -2.44. The Hall–Kier alpha value is -4.02. The van der Waals surface area contributed by atoms with Crippen LogP contribution < -0.4 is 21.1 Å². The number of carbonyl (C=O) groups excluding carboxylic acids is 1. The number of nitrogens with one attached hydrogen (secondary N) is 3. The summed E-state index contributed by atoms with van der Waals surface area (Å²) in [6.07, 6.45) is 6.60. The zero-order valence-electron chi connectivity index (χ0n) is 24.4. The van der Waals surface area contributed by atoms with Gasteiger partial charge in [-0.1, -0.05) is 6.07 Å². The van der Waals surface area contributed by atoms with Gasteiger partial charge in [-0.3, -0.25) is 9.59 Å². The number of piperazine rings is 1. The molecule has 8 nitrogen and oxygen atoms in total. The predicted octanol–water partition coefficient (Wildman–Crippen LogP) is 6.45. The zero-order chi connectivity index (χ0) is 29.7. The van der Waals surface area contributed by atoms with E-state index in [2.05, 4.69) is 37.4 Å². The minimum atomic E-state index is -0.511. The third-order valence-corrected chi connectivity index (χ3v) is 10.5. The van der Waals surface area contributed by atoms with Gasteiger partial charge >= 0.3 is 0 Å². The van der Waals surface area contributed by atoms with E-state index in [1.165, 1.54) is 42.2 Å². The van der Waals surface area contributed by atoms with Crippen molar-refractivity contribution in [1.82, 2.24) is 14.9 Å². The molecule has 1 saturated carbocycles. The number of aromatic nitrogens is 2. The minimum absolute atomic E-state index is 0.109. The van der Waals surface area contributed by atoms with Crippen LogP contribution >= 0.6 is 11.3 Å². The van der Waals surface area contributed by atoms with Crippen LogP contribution in [0.5, 0.6) is 0 Å². The number of H-pyrrole nitrogens is 1. The van der Waals surface area contributed by atoms with Crippen LogP contribution in [-0.4, -0.2) is 54.0 Å². The van der Waals surface area contributed by atoms with Gasteiger partial charge in [-0.25, -0.2) is 9.37 Å². The van der Waals surface area contributed by atoms with E-state index in [9.17, 15) is 14.0 Å². The van der Waals surface area contributed by atoms with Crippen LogP contribution in [0.4, 0.5) is 27.3 Å². The van der Waals surface area contributed by atoms with Crippen molar-refractivity contribution in [3.8, 4) is 11.1 Å². The summed E-state index contributed by atoms with van der Waals surface area (Å²) in [6.45, 7) is 5.71. The number of halogens is 1. The number of nitrogens with zero attached hydrogens (tertiary/aromatic N) is 3. The molecule has 0 unspecified atom stereocenters. The number of pyridine rings is 2. The number of carbonyl (C=O) groups is 1. The van der Waals surface area contributed by atoms with E-state index in [1.807, 2.05) is 24.4 Å². The van der Waals surface area contributed by atoms with Gasteiger partial charge in [0.25, 0.3) is 11.5 Å². The van der Waals surface area contributed by atoms with Crippen LogP contribution in [0, 0.1) is 12.7 Å². The second-order valence-electron chi connectivity index (χ2n) is 12.0. The lowest BCUT2D eigenvalue weighted by molar-refractivity contribution is 0.103. The number of hydrogen-bond donors (Lipinski definition) is 3. The van der Waals surface area contributed by atoms with Crippen LogP contribution in [0.2, 0.25) is 0 Å². The molecule has 1 aromatic carbocycles. The van der Waals surface area contributed by atoms with E-state index in [0.717, 1.165) is 37.4 Å². The van der Waals surface area contributed by atoms with Crippen molar-refractivity contribution in [3.05, 3.63) is 85.8 Å². The Morgan fingerprint density at radius 1 is 1.00 bits per heavy atom. The van der Waals surface area contributed by atoms with Gasteiger partial charge in [0.15, 0.2) is 0 Å². The lowest BCUT2D eigenvalue weighted by atomic mass is 9.71. The number of aromatic amines is 1. The fourth-order valence-electron chi connectivity index (χ4n) is 6.67. The molecular formula is C33H35FN6O2S. The molecule has 4 aliphatic rings. The van der Waals surface area contributed by atoms with Crippen molar-refractivity contribution >= 4 is 40.1 Å². The molecule has 0 atom stereocenters. The minimum Gasteiger partial charge on any atom is -0.368 e. The Kier molecular flexibility index (Phi) is 7.26. The van der Waals surface area contributed by atoms with Gasteiger partial charge in [0.1, 0.15) is 17.3 Å². The largest absolute Gasteiger partial charge is 0.368 e. The molecule has 4 heterocycles. The van der Waals surface area contributed by atoms with Gasteiger partial charge in [-0.2, -0.15) is 0 Å². The summed E-state index contributed by atoms with van der Waals surface area (Å²) in [5.74, 6) is 0.860. The average Bonchev–Trinajstić information content (AvgIpc) is 3.50. The molecule has 1 saturated heterocycles. The van der Waals surface area contributed by atoms with E-state index in [0.29, 0.717) is 39.5 Å². The van der Waals surface area contributed by atoms with Crippen LogP contribution in [0.1, 0.15) is 63.3 Å². The Balaban J connectivity index is 1.10. The molecule has 3 N–H and O–H groups in total. The van der Waals surface area contributed by atoms with E-state index >= 15 is 0 Å². The van der Waals surface area contributed by atoms with E-state index in [-0.39, 0.29) is 17.2 Å². The van der Waals surface area contributed by atoms with Crippen molar-refractivity contribution in [2.75, 3.05) is 48.8 Å². The number of fused-ring (bicyclic) bond motifs is 2. The number of benzene rings is 1. The number of anilines is 4. The second-order valence-corrected chi connectivity index (χ2v) is 13.1. The maximum Gasteiger partial charge on any atom is 0.271 e. The van der Waals surface area contributed by atoms with Crippen molar-refractivity contribution in [2.24, 2.45) is 0 Å². The first-order valence-electron chi connectivity index (χ1n) is 15.0. The quantitative estimate of drug-likeness (QED) is 0.236. The second kappa shape index (κ2) is 11.2. The molecule has 222 valence electrons. The molecule has 3 aromatic heterocycles. The maximum atomic E-state index is 14.9. The average molecular weight is 599 g/mol. The first kappa shape index (κ1) is 27.8. The first-order chi connectivity index (χ1) is 20.8. The molecule has 43 heavy (non-hydrogen) atoms. The van der Waals surface area contributed by atoms with Gasteiger partial charge < -0.3 is 25.4 Å².